The zero-order valence-corrected chi connectivity index (χ0v) is 18.7. The molecule has 1 fully saturated rings. The molecule has 1 heterocycles. The summed E-state index contributed by atoms with van der Waals surface area (Å²) in [5.74, 6) is 1.56. The van der Waals surface area contributed by atoms with Gasteiger partial charge in [0.15, 0.2) is 5.96 Å². The van der Waals surface area contributed by atoms with Gasteiger partial charge in [-0.2, -0.15) is 11.8 Å². The highest BCUT2D eigenvalue weighted by atomic mass is 127. The third kappa shape index (κ3) is 9.99. The lowest BCUT2D eigenvalue weighted by Gasteiger charge is -2.34. The number of aliphatic imine (C=N–C) groups is 1. The van der Waals surface area contributed by atoms with E-state index in [1.807, 2.05) is 18.8 Å². The molecule has 1 atom stereocenters. The molecule has 1 unspecified atom stereocenters. The Bertz CT molecular complexity index is 353. The molecular weight excluding hydrogens is 423 g/mol. The van der Waals surface area contributed by atoms with Crippen LogP contribution in [0.2, 0.25) is 0 Å². The number of ether oxygens (including phenoxy) is 1. The highest BCUT2D eigenvalue weighted by Gasteiger charge is 2.21. The van der Waals surface area contributed by atoms with Crippen LogP contribution in [0.15, 0.2) is 4.99 Å². The molecule has 0 aromatic rings. The van der Waals surface area contributed by atoms with Crippen LogP contribution in [0.1, 0.15) is 27.7 Å². The molecule has 23 heavy (non-hydrogen) atoms. The summed E-state index contributed by atoms with van der Waals surface area (Å²) in [5, 5.41) is 6.78. The van der Waals surface area contributed by atoms with E-state index in [1.54, 1.807) is 0 Å². The molecule has 2 N–H and O–H groups in total. The molecule has 0 amide bonds. The van der Waals surface area contributed by atoms with Gasteiger partial charge in [-0.25, -0.2) is 0 Å². The SMILES string of the molecule is CN=C(NCC1CN(CC(C)C)CCO1)NCC(C)(C)SC.I. The van der Waals surface area contributed by atoms with E-state index in [-0.39, 0.29) is 34.8 Å². The molecule has 0 spiro atoms. The number of guanidine groups is 1. The van der Waals surface area contributed by atoms with Gasteiger partial charge in [0.25, 0.3) is 0 Å². The first-order chi connectivity index (χ1) is 10.4. The molecule has 0 bridgehead atoms. The minimum Gasteiger partial charge on any atom is -0.374 e. The Labute approximate surface area is 163 Å². The highest BCUT2D eigenvalue weighted by Crippen LogP contribution is 2.19. The maximum absolute atomic E-state index is 5.86. The van der Waals surface area contributed by atoms with Crippen molar-refractivity contribution in [1.29, 1.82) is 0 Å². The summed E-state index contributed by atoms with van der Waals surface area (Å²) in [4.78, 5) is 6.79. The van der Waals surface area contributed by atoms with E-state index in [0.29, 0.717) is 5.92 Å². The largest absolute Gasteiger partial charge is 0.374 e. The number of hydrogen-bond donors (Lipinski definition) is 2. The van der Waals surface area contributed by atoms with Gasteiger partial charge in [0.2, 0.25) is 0 Å². The highest BCUT2D eigenvalue weighted by molar-refractivity contribution is 14.0. The van der Waals surface area contributed by atoms with E-state index in [1.165, 1.54) is 0 Å². The molecule has 7 heteroatoms. The Morgan fingerprint density at radius 2 is 2.09 bits per heavy atom. The van der Waals surface area contributed by atoms with Crippen LogP contribution in [0.4, 0.5) is 0 Å². The van der Waals surface area contributed by atoms with Crippen LogP contribution in [-0.2, 0) is 4.74 Å². The summed E-state index contributed by atoms with van der Waals surface area (Å²) in [6, 6.07) is 0. The number of halogens is 1. The van der Waals surface area contributed by atoms with Gasteiger partial charge in [-0.15, -0.1) is 24.0 Å². The van der Waals surface area contributed by atoms with Gasteiger partial charge in [0.1, 0.15) is 0 Å². The van der Waals surface area contributed by atoms with Gasteiger partial charge >= 0.3 is 0 Å². The first kappa shape index (κ1) is 23.3. The van der Waals surface area contributed by atoms with Crippen LogP contribution in [0, 0.1) is 5.92 Å². The molecule has 1 aliphatic rings. The van der Waals surface area contributed by atoms with Crippen LogP contribution >= 0.6 is 35.7 Å². The maximum Gasteiger partial charge on any atom is 0.191 e. The molecule has 0 aromatic carbocycles. The van der Waals surface area contributed by atoms with Gasteiger partial charge in [-0.05, 0) is 26.0 Å². The number of rotatable bonds is 7. The zero-order valence-electron chi connectivity index (χ0n) is 15.5. The molecule has 5 nitrogen and oxygen atoms in total. The maximum atomic E-state index is 5.86. The number of nitrogens with zero attached hydrogens (tertiary/aromatic N) is 2. The fourth-order valence-corrected chi connectivity index (χ4v) is 2.60. The Morgan fingerprint density at radius 3 is 2.65 bits per heavy atom. The molecule has 0 aromatic heterocycles. The zero-order chi connectivity index (χ0) is 16.6. The van der Waals surface area contributed by atoms with E-state index in [4.69, 9.17) is 4.74 Å². The van der Waals surface area contributed by atoms with E-state index in [2.05, 4.69) is 54.5 Å². The summed E-state index contributed by atoms with van der Waals surface area (Å²) in [5.41, 5.74) is 0. The topological polar surface area (TPSA) is 48.9 Å². The number of thioether (sulfide) groups is 1. The molecule has 0 saturated carbocycles. The van der Waals surface area contributed by atoms with Crippen LogP contribution < -0.4 is 10.6 Å². The van der Waals surface area contributed by atoms with Crippen molar-refractivity contribution >= 4 is 41.7 Å². The third-order valence-electron chi connectivity index (χ3n) is 3.80. The molecule has 0 aliphatic carbocycles. The first-order valence-corrected chi connectivity index (χ1v) is 9.42. The summed E-state index contributed by atoms with van der Waals surface area (Å²) < 4.78 is 6.06. The van der Waals surface area contributed by atoms with E-state index >= 15 is 0 Å². The van der Waals surface area contributed by atoms with Crippen molar-refractivity contribution in [2.75, 3.05) is 52.6 Å². The summed E-state index contributed by atoms with van der Waals surface area (Å²) in [6.45, 7) is 14.7. The Morgan fingerprint density at radius 1 is 1.39 bits per heavy atom. The summed E-state index contributed by atoms with van der Waals surface area (Å²) in [6.07, 6.45) is 2.37. The van der Waals surface area contributed by atoms with Crippen molar-refractivity contribution in [2.45, 2.75) is 38.5 Å². The molecular formula is C16H35IN4OS. The smallest absolute Gasteiger partial charge is 0.191 e. The van der Waals surface area contributed by atoms with Gasteiger partial charge in [-0.3, -0.25) is 9.89 Å². The third-order valence-corrected chi connectivity index (χ3v) is 5.05. The molecule has 138 valence electrons. The second-order valence-electron chi connectivity index (χ2n) is 6.92. The van der Waals surface area contributed by atoms with Gasteiger partial charge in [0.05, 0.1) is 12.7 Å². The average Bonchev–Trinajstić information content (AvgIpc) is 2.47. The van der Waals surface area contributed by atoms with Gasteiger partial charge in [-0.1, -0.05) is 13.8 Å². The standard InChI is InChI=1S/C16H34N4OS.HI/c1-13(2)10-20-7-8-21-14(11-20)9-18-15(17-5)19-12-16(3,4)22-6;/h13-14H,7-12H2,1-6H3,(H2,17,18,19);1H. The van der Waals surface area contributed by atoms with E-state index in [0.717, 1.165) is 45.3 Å². The van der Waals surface area contributed by atoms with Crippen LogP contribution in [0.25, 0.3) is 0 Å². The quantitative estimate of drug-likeness (QED) is 0.348. The van der Waals surface area contributed by atoms with Crippen LogP contribution in [0.3, 0.4) is 0 Å². The predicted octanol–water partition coefficient (Wildman–Crippen LogP) is 2.27. The van der Waals surface area contributed by atoms with Crippen LogP contribution in [0.5, 0.6) is 0 Å². The van der Waals surface area contributed by atoms with Gasteiger partial charge < -0.3 is 15.4 Å². The summed E-state index contributed by atoms with van der Waals surface area (Å²) in [7, 11) is 1.81. The molecule has 0 radical (unpaired) electrons. The lowest BCUT2D eigenvalue weighted by Crippen LogP contribution is -2.51. The number of morpholine rings is 1. The van der Waals surface area contributed by atoms with Crippen molar-refractivity contribution in [3.05, 3.63) is 0 Å². The monoisotopic (exact) mass is 458 g/mol. The van der Waals surface area contributed by atoms with E-state index in [9.17, 15) is 0 Å². The van der Waals surface area contributed by atoms with Crippen molar-refractivity contribution in [3.8, 4) is 0 Å². The van der Waals surface area contributed by atoms with Crippen molar-refractivity contribution < 1.29 is 4.74 Å². The van der Waals surface area contributed by atoms with Crippen molar-refractivity contribution in [1.82, 2.24) is 15.5 Å². The Kier molecular flexibility index (Phi) is 11.9. The first-order valence-electron chi connectivity index (χ1n) is 8.20. The second-order valence-corrected chi connectivity index (χ2v) is 8.43. The number of nitrogens with one attached hydrogen (secondary N) is 2. The van der Waals surface area contributed by atoms with Crippen molar-refractivity contribution in [3.63, 3.8) is 0 Å². The predicted molar refractivity (Wildman–Crippen MR) is 113 cm³/mol. The minimum atomic E-state index is 0. The summed E-state index contributed by atoms with van der Waals surface area (Å²) >= 11 is 1.86. The Balaban J connectivity index is 0.00000484. The number of hydrogen-bond acceptors (Lipinski definition) is 4. The normalized spacial score (nSPS) is 20.3. The lowest BCUT2D eigenvalue weighted by molar-refractivity contribution is -0.0284. The van der Waals surface area contributed by atoms with Crippen LogP contribution in [-0.4, -0.2) is 74.3 Å². The van der Waals surface area contributed by atoms with E-state index < -0.39 is 0 Å². The fraction of sp³-hybridized carbons (Fsp3) is 0.938. The average molecular weight is 458 g/mol. The molecule has 1 rings (SSSR count). The fourth-order valence-electron chi connectivity index (χ4n) is 2.39. The minimum absolute atomic E-state index is 0. The second kappa shape index (κ2) is 11.8. The molecule has 1 saturated heterocycles. The Hall–Kier alpha value is 0.270. The molecule has 1 aliphatic heterocycles. The van der Waals surface area contributed by atoms with Gasteiger partial charge in [0, 0.05) is 44.5 Å². The lowest BCUT2D eigenvalue weighted by atomic mass is 10.2. The van der Waals surface area contributed by atoms with Crippen molar-refractivity contribution in [2.24, 2.45) is 10.9 Å².